The fourth-order valence-corrected chi connectivity index (χ4v) is 3.48. The molecule has 1 N–H and O–H groups in total. The molecule has 3 aromatic heterocycles. The van der Waals surface area contributed by atoms with E-state index in [1.807, 2.05) is 13.8 Å². The molecule has 1 unspecified atom stereocenters. The summed E-state index contributed by atoms with van der Waals surface area (Å²) in [4.78, 5) is 10.3. The molecule has 116 valence electrons. The summed E-state index contributed by atoms with van der Waals surface area (Å²) in [5.41, 5.74) is 2.06. The Kier molecular flexibility index (Phi) is 4.11. The molecule has 0 fully saturated rings. The minimum Gasteiger partial charge on any atom is -0.362 e. The maximum Gasteiger partial charge on any atom is 0.139 e. The van der Waals surface area contributed by atoms with Crippen molar-refractivity contribution in [3.05, 3.63) is 34.3 Å². The second-order valence-corrected chi connectivity index (χ2v) is 6.22. The molecule has 0 aliphatic heterocycles. The maximum absolute atomic E-state index is 5.31. The summed E-state index contributed by atoms with van der Waals surface area (Å²) in [5, 5.41) is 10.8. The van der Waals surface area contributed by atoms with Crippen LogP contribution in [0.15, 0.2) is 16.0 Å². The van der Waals surface area contributed by atoms with Crippen LogP contribution in [0, 0.1) is 13.8 Å². The Balaban J connectivity index is 2.02. The SMILES string of the molecule is CCc1nc(NC(CC)c2c(C)noc2C)c2ccsc2n1. The molecule has 0 aromatic carbocycles. The van der Waals surface area contributed by atoms with Gasteiger partial charge in [-0.1, -0.05) is 19.0 Å². The van der Waals surface area contributed by atoms with E-state index in [9.17, 15) is 0 Å². The third-order valence-electron chi connectivity index (χ3n) is 3.84. The van der Waals surface area contributed by atoms with Crippen LogP contribution in [0.2, 0.25) is 0 Å². The molecule has 0 saturated carbocycles. The molecular weight excluding hydrogens is 296 g/mol. The maximum atomic E-state index is 5.31. The molecule has 22 heavy (non-hydrogen) atoms. The highest BCUT2D eigenvalue weighted by Crippen LogP contribution is 2.31. The molecule has 1 atom stereocenters. The Hall–Kier alpha value is -1.95. The van der Waals surface area contributed by atoms with Crippen LogP contribution < -0.4 is 5.32 Å². The van der Waals surface area contributed by atoms with Crippen LogP contribution in [0.1, 0.15) is 49.2 Å². The van der Waals surface area contributed by atoms with E-state index < -0.39 is 0 Å². The molecule has 0 spiro atoms. The van der Waals surface area contributed by atoms with E-state index in [0.717, 1.165) is 51.7 Å². The van der Waals surface area contributed by atoms with Crippen molar-refractivity contribution in [1.29, 1.82) is 0 Å². The molecule has 0 amide bonds. The van der Waals surface area contributed by atoms with Crippen LogP contribution in [0.3, 0.4) is 0 Å². The van der Waals surface area contributed by atoms with Gasteiger partial charge in [0.15, 0.2) is 0 Å². The first-order valence-corrected chi connectivity index (χ1v) is 8.45. The smallest absolute Gasteiger partial charge is 0.139 e. The minimum absolute atomic E-state index is 0.133. The highest BCUT2D eigenvalue weighted by molar-refractivity contribution is 7.16. The van der Waals surface area contributed by atoms with Gasteiger partial charge in [-0.3, -0.25) is 0 Å². The summed E-state index contributed by atoms with van der Waals surface area (Å²) in [7, 11) is 0. The van der Waals surface area contributed by atoms with Crippen molar-refractivity contribution in [2.45, 2.75) is 46.6 Å². The molecule has 3 heterocycles. The lowest BCUT2D eigenvalue weighted by molar-refractivity contribution is 0.391. The van der Waals surface area contributed by atoms with Gasteiger partial charge in [0.05, 0.1) is 17.1 Å². The second-order valence-electron chi connectivity index (χ2n) is 5.32. The molecule has 0 saturated heterocycles. The summed E-state index contributed by atoms with van der Waals surface area (Å²) in [6, 6.07) is 2.20. The summed E-state index contributed by atoms with van der Waals surface area (Å²) < 4.78 is 5.31. The van der Waals surface area contributed by atoms with E-state index in [4.69, 9.17) is 4.52 Å². The molecular formula is C16H20N4OS. The number of thiophene rings is 1. The Labute approximate surface area is 133 Å². The van der Waals surface area contributed by atoms with Crippen LogP contribution in [-0.2, 0) is 6.42 Å². The molecule has 3 rings (SSSR count). The summed E-state index contributed by atoms with van der Waals surface area (Å²) in [6.45, 7) is 8.16. The predicted molar refractivity (Wildman–Crippen MR) is 89.4 cm³/mol. The van der Waals surface area contributed by atoms with E-state index in [-0.39, 0.29) is 6.04 Å². The number of fused-ring (bicyclic) bond motifs is 1. The standard InChI is InChI=1S/C16H20N4OS/c1-5-12(14-9(3)20-21-10(14)4)17-15-11-7-8-22-16(11)19-13(6-2)18-15/h7-8,12H,5-6H2,1-4H3,(H,17,18,19). The fraction of sp³-hybridized carbons (Fsp3) is 0.438. The number of aromatic nitrogens is 3. The van der Waals surface area contributed by atoms with E-state index in [2.05, 4.69) is 45.7 Å². The van der Waals surface area contributed by atoms with Crippen LogP contribution in [0.25, 0.3) is 10.2 Å². The first kappa shape index (κ1) is 15.0. The van der Waals surface area contributed by atoms with Gasteiger partial charge in [-0.05, 0) is 31.7 Å². The van der Waals surface area contributed by atoms with Crippen molar-refractivity contribution < 1.29 is 4.52 Å². The largest absolute Gasteiger partial charge is 0.362 e. The normalized spacial score (nSPS) is 12.7. The number of hydrogen-bond donors (Lipinski definition) is 1. The number of nitrogens with one attached hydrogen (secondary N) is 1. The number of rotatable bonds is 5. The molecule has 3 aromatic rings. The Bertz CT molecular complexity index is 773. The van der Waals surface area contributed by atoms with Gasteiger partial charge in [0.25, 0.3) is 0 Å². The fourth-order valence-electron chi connectivity index (χ4n) is 2.70. The zero-order valence-electron chi connectivity index (χ0n) is 13.3. The Morgan fingerprint density at radius 3 is 2.73 bits per heavy atom. The molecule has 0 aliphatic rings. The minimum atomic E-state index is 0.133. The van der Waals surface area contributed by atoms with E-state index >= 15 is 0 Å². The average molecular weight is 316 g/mol. The summed E-state index contributed by atoms with van der Waals surface area (Å²) in [5.74, 6) is 2.63. The zero-order chi connectivity index (χ0) is 15.7. The van der Waals surface area contributed by atoms with Gasteiger partial charge in [-0.15, -0.1) is 11.3 Å². The predicted octanol–water partition coefficient (Wildman–Crippen LogP) is 4.42. The van der Waals surface area contributed by atoms with E-state index in [1.165, 1.54) is 0 Å². The molecule has 0 aliphatic carbocycles. The van der Waals surface area contributed by atoms with Crippen LogP contribution in [-0.4, -0.2) is 15.1 Å². The van der Waals surface area contributed by atoms with Crippen LogP contribution in [0.4, 0.5) is 5.82 Å². The average Bonchev–Trinajstić information content (AvgIpc) is 3.12. The van der Waals surface area contributed by atoms with Gasteiger partial charge in [-0.25, -0.2) is 9.97 Å². The van der Waals surface area contributed by atoms with Crippen LogP contribution >= 0.6 is 11.3 Å². The van der Waals surface area contributed by atoms with Crippen molar-refractivity contribution >= 4 is 27.4 Å². The lowest BCUT2D eigenvalue weighted by Crippen LogP contribution is -2.13. The van der Waals surface area contributed by atoms with Gasteiger partial charge in [0.1, 0.15) is 22.2 Å². The zero-order valence-corrected chi connectivity index (χ0v) is 14.1. The monoisotopic (exact) mass is 316 g/mol. The van der Waals surface area contributed by atoms with Crippen molar-refractivity contribution in [2.24, 2.45) is 0 Å². The van der Waals surface area contributed by atoms with E-state index in [0.29, 0.717) is 0 Å². The first-order chi connectivity index (χ1) is 10.6. The van der Waals surface area contributed by atoms with Gasteiger partial charge >= 0.3 is 0 Å². The highest BCUT2D eigenvalue weighted by Gasteiger charge is 2.20. The van der Waals surface area contributed by atoms with Gasteiger partial charge < -0.3 is 9.84 Å². The van der Waals surface area contributed by atoms with Gasteiger partial charge in [0, 0.05) is 12.0 Å². The second kappa shape index (κ2) is 6.04. The third-order valence-corrected chi connectivity index (χ3v) is 4.65. The van der Waals surface area contributed by atoms with Crippen molar-refractivity contribution in [3.8, 4) is 0 Å². The number of anilines is 1. The Morgan fingerprint density at radius 1 is 1.27 bits per heavy atom. The Morgan fingerprint density at radius 2 is 2.09 bits per heavy atom. The number of hydrogen-bond acceptors (Lipinski definition) is 6. The van der Waals surface area contributed by atoms with Gasteiger partial charge in [0.2, 0.25) is 0 Å². The summed E-state index contributed by atoms with van der Waals surface area (Å²) in [6.07, 6.45) is 1.75. The lowest BCUT2D eigenvalue weighted by atomic mass is 10.0. The third kappa shape index (κ3) is 2.59. The molecule has 5 nitrogen and oxygen atoms in total. The van der Waals surface area contributed by atoms with Gasteiger partial charge in [-0.2, -0.15) is 0 Å². The quantitative estimate of drug-likeness (QED) is 0.754. The van der Waals surface area contributed by atoms with Crippen molar-refractivity contribution in [3.63, 3.8) is 0 Å². The lowest BCUT2D eigenvalue weighted by Gasteiger charge is -2.18. The molecule has 0 radical (unpaired) electrons. The van der Waals surface area contributed by atoms with Crippen molar-refractivity contribution in [2.75, 3.05) is 5.32 Å². The van der Waals surface area contributed by atoms with Crippen LogP contribution in [0.5, 0.6) is 0 Å². The van der Waals surface area contributed by atoms with E-state index in [1.54, 1.807) is 11.3 Å². The molecule has 6 heteroatoms. The number of aryl methyl sites for hydroxylation is 3. The highest BCUT2D eigenvalue weighted by atomic mass is 32.1. The topological polar surface area (TPSA) is 63.8 Å². The molecule has 0 bridgehead atoms. The first-order valence-electron chi connectivity index (χ1n) is 7.57. The van der Waals surface area contributed by atoms with Crippen molar-refractivity contribution in [1.82, 2.24) is 15.1 Å². The number of nitrogens with zero attached hydrogens (tertiary/aromatic N) is 3. The summed E-state index contributed by atoms with van der Waals surface area (Å²) >= 11 is 1.65.